The van der Waals surface area contributed by atoms with E-state index < -0.39 is 23.7 Å². The van der Waals surface area contributed by atoms with E-state index in [0.29, 0.717) is 16.3 Å². The van der Waals surface area contributed by atoms with Crippen molar-refractivity contribution in [2.24, 2.45) is 0 Å². The van der Waals surface area contributed by atoms with Crippen LogP contribution in [-0.4, -0.2) is 25.2 Å². The summed E-state index contributed by atoms with van der Waals surface area (Å²) in [6.45, 7) is 3.74. The predicted octanol–water partition coefficient (Wildman–Crippen LogP) is 4.98. The number of esters is 2. The molecule has 1 aliphatic rings. The van der Waals surface area contributed by atoms with Crippen LogP contribution < -0.4 is 4.90 Å². The highest BCUT2D eigenvalue weighted by molar-refractivity contribution is 6.30. The molecule has 156 valence electrons. The minimum absolute atomic E-state index is 0.169. The Balaban J connectivity index is 2.17. The number of hydrogen-bond donors (Lipinski definition) is 0. The Morgan fingerprint density at radius 2 is 1.53 bits per heavy atom. The molecule has 0 spiro atoms. The Labute approximate surface area is 179 Å². The van der Waals surface area contributed by atoms with Crippen molar-refractivity contribution >= 4 is 29.2 Å². The molecule has 7 heteroatoms. The van der Waals surface area contributed by atoms with Crippen molar-refractivity contribution in [1.29, 1.82) is 0 Å². The van der Waals surface area contributed by atoms with Gasteiger partial charge in [0, 0.05) is 23.1 Å². The average molecular weight is 430 g/mol. The summed E-state index contributed by atoms with van der Waals surface area (Å²) in [5.74, 6) is -2.31. The van der Waals surface area contributed by atoms with Gasteiger partial charge in [-0.15, -0.1) is 0 Å². The first-order valence-electron chi connectivity index (χ1n) is 9.51. The number of nitrogens with zero attached hydrogens (tertiary/aromatic N) is 1. The van der Waals surface area contributed by atoms with Gasteiger partial charge in [0.2, 0.25) is 0 Å². The lowest BCUT2D eigenvalue weighted by Gasteiger charge is -2.30. The van der Waals surface area contributed by atoms with Crippen LogP contribution in [0.1, 0.15) is 25.3 Å². The van der Waals surface area contributed by atoms with Crippen LogP contribution in [0.3, 0.4) is 0 Å². The molecule has 2 aromatic carbocycles. The minimum Gasteiger partial charge on any atom is -0.463 e. The van der Waals surface area contributed by atoms with Crippen molar-refractivity contribution < 1.29 is 23.5 Å². The van der Waals surface area contributed by atoms with Crippen molar-refractivity contribution in [3.05, 3.63) is 88.5 Å². The zero-order valence-electron chi connectivity index (χ0n) is 16.6. The van der Waals surface area contributed by atoms with Gasteiger partial charge in [0.1, 0.15) is 5.82 Å². The Bertz CT molecular complexity index is 965. The molecule has 5 nitrogen and oxygen atoms in total. The van der Waals surface area contributed by atoms with E-state index in [1.54, 1.807) is 62.6 Å². The van der Waals surface area contributed by atoms with Crippen LogP contribution in [0.5, 0.6) is 0 Å². The van der Waals surface area contributed by atoms with E-state index >= 15 is 0 Å². The standard InChI is InChI=1S/C23H21ClFNO4/c1-3-29-22(27)19-13-26(18-7-5-6-17(25)12-18)14-20(23(28)30-4-2)21(19)15-8-10-16(24)11-9-15/h5-14,21H,3-4H2,1-2H3. The summed E-state index contributed by atoms with van der Waals surface area (Å²) in [4.78, 5) is 27.2. The highest BCUT2D eigenvalue weighted by atomic mass is 35.5. The lowest BCUT2D eigenvalue weighted by Crippen LogP contribution is -2.29. The summed E-state index contributed by atoms with van der Waals surface area (Å²) in [6, 6.07) is 12.7. The smallest absolute Gasteiger partial charge is 0.336 e. The van der Waals surface area contributed by atoms with Crippen LogP contribution in [0.2, 0.25) is 5.02 Å². The van der Waals surface area contributed by atoms with E-state index in [2.05, 4.69) is 0 Å². The van der Waals surface area contributed by atoms with Crippen LogP contribution in [0.15, 0.2) is 72.1 Å². The van der Waals surface area contributed by atoms with E-state index in [1.165, 1.54) is 17.0 Å². The normalized spacial score (nSPS) is 14.1. The molecule has 0 aliphatic carbocycles. The van der Waals surface area contributed by atoms with Crippen LogP contribution in [0.25, 0.3) is 0 Å². The predicted molar refractivity (Wildman–Crippen MR) is 113 cm³/mol. The van der Waals surface area contributed by atoms with Crippen molar-refractivity contribution in [2.75, 3.05) is 18.1 Å². The molecule has 1 heterocycles. The molecule has 0 amide bonds. The summed E-state index contributed by atoms with van der Waals surface area (Å²) in [5.41, 5.74) is 1.59. The third kappa shape index (κ3) is 4.71. The molecule has 0 bridgehead atoms. The molecule has 30 heavy (non-hydrogen) atoms. The first-order chi connectivity index (χ1) is 14.4. The molecule has 0 unspecified atom stereocenters. The van der Waals surface area contributed by atoms with E-state index in [1.807, 2.05) is 0 Å². The van der Waals surface area contributed by atoms with E-state index in [4.69, 9.17) is 21.1 Å². The first-order valence-corrected chi connectivity index (χ1v) is 9.89. The maximum Gasteiger partial charge on any atom is 0.336 e. The fraction of sp³-hybridized carbons (Fsp3) is 0.217. The van der Waals surface area contributed by atoms with Crippen molar-refractivity contribution in [3.8, 4) is 0 Å². The Kier molecular flexibility index (Phi) is 6.90. The SMILES string of the molecule is CCOC(=O)C1=CN(c2cccc(F)c2)C=C(C(=O)OCC)C1c1ccc(Cl)cc1. The summed E-state index contributed by atoms with van der Waals surface area (Å²) < 4.78 is 24.3. The topological polar surface area (TPSA) is 55.8 Å². The second-order valence-electron chi connectivity index (χ2n) is 6.48. The largest absolute Gasteiger partial charge is 0.463 e. The molecular weight excluding hydrogens is 409 g/mol. The molecule has 0 N–H and O–H groups in total. The average Bonchev–Trinajstić information content (AvgIpc) is 2.74. The minimum atomic E-state index is -0.717. The van der Waals surface area contributed by atoms with E-state index in [0.717, 1.165) is 0 Å². The lowest BCUT2D eigenvalue weighted by atomic mass is 9.83. The van der Waals surface area contributed by atoms with Gasteiger partial charge in [-0.2, -0.15) is 0 Å². The molecule has 3 rings (SSSR count). The van der Waals surface area contributed by atoms with Crippen molar-refractivity contribution in [1.82, 2.24) is 0 Å². The maximum atomic E-state index is 13.8. The summed E-state index contributed by atoms with van der Waals surface area (Å²) >= 11 is 6.01. The molecule has 1 aliphatic heterocycles. The fourth-order valence-electron chi connectivity index (χ4n) is 3.22. The molecule has 0 atom stereocenters. The van der Waals surface area contributed by atoms with Gasteiger partial charge in [-0.25, -0.2) is 14.0 Å². The number of hydrogen-bond acceptors (Lipinski definition) is 5. The number of anilines is 1. The Morgan fingerprint density at radius 1 is 0.967 bits per heavy atom. The fourth-order valence-corrected chi connectivity index (χ4v) is 3.35. The van der Waals surface area contributed by atoms with Gasteiger partial charge in [-0.05, 0) is 49.7 Å². The van der Waals surface area contributed by atoms with E-state index in [9.17, 15) is 14.0 Å². The Hall–Kier alpha value is -3.12. The van der Waals surface area contributed by atoms with Crippen LogP contribution >= 0.6 is 11.6 Å². The number of halogens is 2. The summed E-state index contributed by atoms with van der Waals surface area (Å²) in [6.07, 6.45) is 3.10. The second kappa shape index (κ2) is 9.59. The lowest BCUT2D eigenvalue weighted by molar-refractivity contribution is -0.139. The van der Waals surface area contributed by atoms with Crippen LogP contribution in [-0.2, 0) is 19.1 Å². The van der Waals surface area contributed by atoms with Gasteiger partial charge in [0.25, 0.3) is 0 Å². The summed E-state index contributed by atoms with van der Waals surface area (Å²) in [5, 5.41) is 0.527. The van der Waals surface area contributed by atoms with Crippen molar-refractivity contribution in [2.45, 2.75) is 19.8 Å². The zero-order valence-corrected chi connectivity index (χ0v) is 17.4. The van der Waals surface area contributed by atoms with Gasteiger partial charge in [0.05, 0.1) is 30.3 Å². The number of benzene rings is 2. The first kappa shape index (κ1) is 21.6. The van der Waals surface area contributed by atoms with Gasteiger partial charge < -0.3 is 14.4 Å². The molecule has 2 aromatic rings. The van der Waals surface area contributed by atoms with Gasteiger partial charge >= 0.3 is 11.9 Å². The molecule has 0 saturated carbocycles. The van der Waals surface area contributed by atoms with Gasteiger partial charge in [-0.1, -0.05) is 29.8 Å². The Morgan fingerprint density at radius 3 is 2.03 bits per heavy atom. The highest BCUT2D eigenvalue weighted by Gasteiger charge is 2.35. The molecule has 0 saturated heterocycles. The maximum absolute atomic E-state index is 13.8. The number of carbonyl (C=O) groups excluding carboxylic acids is 2. The second-order valence-corrected chi connectivity index (χ2v) is 6.92. The third-order valence-electron chi connectivity index (χ3n) is 4.51. The van der Waals surface area contributed by atoms with E-state index in [-0.39, 0.29) is 24.4 Å². The number of ether oxygens (including phenoxy) is 2. The summed E-state index contributed by atoms with van der Waals surface area (Å²) in [7, 11) is 0. The monoisotopic (exact) mass is 429 g/mol. The molecule has 0 aromatic heterocycles. The zero-order chi connectivity index (χ0) is 21.7. The van der Waals surface area contributed by atoms with Crippen LogP contribution in [0.4, 0.5) is 10.1 Å². The van der Waals surface area contributed by atoms with Crippen LogP contribution in [0, 0.1) is 5.82 Å². The molecule has 0 fully saturated rings. The number of carbonyl (C=O) groups is 2. The number of rotatable bonds is 6. The van der Waals surface area contributed by atoms with Gasteiger partial charge in [0.15, 0.2) is 0 Å². The highest BCUT2D eigenvalue weighted by Crippen LogP contribution is 2.39. The van der Waals surface area contributed by atoms with Gasteiger partial charge in [-0.3, -0.25) is 0 Å². The third-order valence-corrected chi connectivity index (χ3v) is 4.76. The van der Waals surface area contributed by atoms with Crippen molar-refractivity contribution in [3.63, 3.8) is 0 Å². The molecule has 0 radical (unpaired) electrons. The molecular formula is C23H21ClFNO4. The quantitative estimate of drug-likeness (QED) is 0.606.